The third-order valence-electron chi connectivity index (χ3n) is 4.93. The van der Waals surface area contributed by atoms with Crippen LogP contribution in [0.3, 0.4) is 0 Å². The van der Waals surface area contributed by atoms with Gasteiger partial charge in [0.1, 0.15) is 12.6 Å². The van der Waals surface area contributed by atoms with Crippen molar-refractivity contribution in [3.8, 4) is 5.75 Å². The van der Waals surface area contributed by atoms with E-state index in [4.69, 9.17) is 16.3 Å². The molecule has 2 aromatic rings. The zero-order chi connectivity index (χ0) is 28.5. The molecule has 1 aromatic heterocycles. The molecule has 17 heteroatoms. The van der Waals surface area contributed by atoms with Crippen molar-refractivity contribution >= 4 is 58.1 Å². The van der Waals surface area contributed by atoms with Crippen LogP contribution >= 0.6 is 22.9 Å². The van der Waals surface area contributed by atoms with Crippen LogP contribution in [0.2, 0.25) is 4.34 Å². The standard InChI is InChI=1S/C22H21ClF4N4O7S/c23-16-4-3-15(39-16)20(34)28-8-12(30-22(35)37-9-17(24)25)19(33)29-11-1-2-13(14(7-11)38-21(26)27)31-5-6-36-10-18(31)32/h1-4,7,12,17,21H,5-6,8-10H2,(H,28,34)(H,29,33)(H,30,35)/t12-/m0/s1. The Bertz CT molecular complexity index is 1200. The molecule has 1 atom stereocenters. The van der Waals surface area contributed by atoms with Crippen molar-refractivity contribution in [1.82, 2.24) is 10.6 Å². The normalized spacial score (nSPS) is 14.2. The lowest BCUT2D eigenvalue weighted by Gasteiger charge is -2.28. The number of benzene rings is 1. The van der Waals surface area contributed by atoms with E-state index in [9.17, 15) is 36.7 Å². The molecular weight excluding hydrogens is 576 g/mol. The van der Waals surface area contributed by atoms with E-state index < -0.39 is 61.8 Å². The zero-order valence-corrected chi connectivity index (χ0v) is 21.3. The van der Waals surface area contributed by atoms with E-state index in [1.54, 1.807) is 0 Å². The van der Waals surface area contributed by atoms with Gasteiger partial charge in [-0.2, -0.15) is 8.78 Å². The highest BCUT2D eigenvalue weighted by molar-refractivity contribution is 7.18. The number of alkyl carbamates (subject to hydrolysis) is 1. The van der Waals surface area contributed by atoms with Gasteiger partial charge < -0.3 is 35.1 Å². The fourth-order valence-electron chi connectivity index (χ4n) is 3.26. The molecule has 0 saturated carbocycles. The molecule has 1 aliphatic rings. The molecule has 0 aliphatic carbocycles. The Kier molecular flexibility index (Phi) is 10.7. The Morgan fingerprint density at radius 1 is 1.15 bits per heavy atom. The minimum absolute atomic E-state index is 0.00808. The molecule has 0 unspecified atom stereocenters. The van der Waals surface area contributed by atoms with Gasteiger partial charge in [-0.25, -0.2) is 13.6 Å². The molecule has 39 heavy (non-hydrogen) atoms. The maximum absolute atomic E-state index is 13.1. The van der Waals surface area contributed by atoms with E-state index in [0.717, 1.165) is 17.4 Å². The molecule has 4 amide bonds. The molecule has 2 heterocycles. The van der Waals surface area contributed by atoms with Crippen LogP contribution in [0.15, 0.2) is 30.3 Å². The molecule has 1 fully saturated rings. The van der Waals surface area contributed by atoms with E-state index in [0.29, 0.717) is 4.34 Å². The van der Waals surface area contributed by atoms with Crippen LogP contribution in [0.5, 0.6) is 5.75 Å². The fraction of sp³-hybridized carbons (Fsp3) is 0.364. The van der Waals surface area contributed by atoms with Gasteiger partial charge in [0.15, 0.2) is 12.4 Å². The summed E-state index contributed by atoms with van der Waals surface area (Å²) in [7, 11) is 0. The molecule has 0 bridgehead atoms. The monoisotopic (exact) mass is 596 g/mol. The number of hydrogen-bond donors (Lipinski definition) is 3. The molecule has 1 saturated heterocycles. The number of morpholine rings is 1. The van der Waals surface area contributed by atoms with Crippen LogP contribution in [-0.2, 0) is 19.1 Å². The van der Waals surface area contributed by atoms with Crippen molar-refractivity contribution in [1.29, 1.82) is 0 Å². The molecule has 3 rings (SSSR count). The second kappa shape index (κ2) is 14.0. The molecule has 212 valence electrons. The predicted molar refractivity (Wildman–Crippen MR) is 131 cm³/mol. The Hall–Kier alpha value is -3.63. The number of hydrogen-bond acceptors (Lipinski definition) is 8. The second-order valence-electron chi connectivity index (χ2n) is 7.65. The number of carbonyl (C=O) groups is 4. The Morgan fingerprint density at radius 2 is 1.92 bits per heavy atom. The quantitative estimate of drug-likeness (QED) is 0.339. The predicted octanol–water partition coefficient (Wildman–Crippen LogP) is 3.09. The summed E-state index contributed by atoms with van der Waals surface area (Å²) in [6.45, 7) is -5.03. The summed E-state index contributed by atoms with van der Waals surface area (Å²) in [6.07, 6.45) is -4.33. The third kappa shape index (κ3) is 8.97. The number of ether oxygens (including phenoxy) is 3. The van der Waals surface area contributed by atoms with Crippen molar-refractivity contribution in [2.75, 3.05) is 43.1 Å². The third-order valence-corrected chi connectivity index (χ3v) is 6.16. The summed E-state index contributed by atoms with van der Waals surface area (Å²) in [5.41, 5.74) is -0.0713. The first-order valence-electron chi connectivity index (χ1n) is 11.1. The summed E-state index contributed by atoms with van der Waals surface area (Å²) < 4.78 is 65.2. The van der Waals surface area contributed by atoms with Gasteiger partial charge in [0.05, 0.1) is 21.5 Å². The first kappa shape index (κ1) is 29.9. The van der Waals surface area contributed by atoms with Gasteiger partial charge in [-0.15, -0.1) is 11.3 Å². The van der Waals surface area contributed by atoms with Gasteiger partial charge in [-0.3, -0.25) is 14.4 Å². The number of rotatable bonds is 11. The molecule has 0 spiro atoms. The Morgan fingerprint density at radius 3 is 2.56 bits per heavy atom. The zero-order valence-electron chi connectivity index (χ0n) is 19.8. The van der Waals surface area contributed by atoms with Crippen molar-refractivity contribution < 1.29 is 51.0 Å². The molecule has 3 N–H and O–H groups in total. The first-order chi connectivity index (χ1) is 18.5. The first-order valence-corrected chi connectivity index (χ1v) is 12.3. The number of halogens is 5. The van der Waals surface area contributed by atoms with Gasteiger partial charge >= 0.3 is 12.7 Å². The molecule has 1 aliphatic heterocycles. The van der Waals surface area contributed by atoms with Gasteiger partial charge in [0.25, 0.3) is 18.2 Å². The van der Waals surface area contributed by atoms with Crippen LogP contribution in [-0.4, -0.2) is 75.8 Å². The van der Waals surface area contributed by atoms with E-state index in [1.165, 1.54) is 29.2 Å². The number of nitrogens with zero attached hydrogens (tertiary/aromatic N) is 1. The summed E-state index contributed by atoms with van der Waals surface area (Å²) in [5, 5.41) is 6.81. The number of amides is 4. The lowest BCUT2D eigenvalue weighted by Crippen LogP contribution is -2.50. The number of anilines is 2. The minimum Gasteiger partial charge on any atom is -0.443 e. The molecule has 11 nitrogen and oxygen atoms in total. The fourth-order valence-corrected chi connectivity index (χ4v) is 4.22. The van der Waals surface area contributed by atoms with E-state index in [-0.39, 0.29) is 36.0 Å². The minimum atomic E-state index is -3.26. The van der Waals surface area contributed by atoms with Crippen molar-refractivity contribution in [2.24, 2.45) is 0 Å². The number of carbonyl (C=O) groups excluding carboxylic acids is 4. The number of thiophene rings is 1. The van der Waals surface area contributed by atoms with Crippen LogP contribution in [0.4, 0.5) is 33.7 Å². The second-order valence-corrected chi connectivity index (χ2v) is 9.36. The van der Waals surface area contributed by atoms with Gasteiger partial charge in [0, 0.05) is 24.8 Å². The van der Waals surface area contributed by atoms with Crippen LogP contribution in [0, 0.1) is 0 Å². The highest BCUT2D eigenvalue weighted by Gasteiger charge is 2.27. The van der Waals surface area contributed by atoms with Gasteiger partial charge in [-0.05, 0) is 24.3 Å². The topological polar surface area (TPSA) is 135 Å². The van der Waals surface area contributed by atoms with Crippen molar-refractivity contribution in [2.45, 2.75) is 19.1 Å². The van der Waals surface area contributed by atoms with E-state index >= 15 is 0 Å². The maximum Gasteiger partial charge on any atom is 0.408 e. The summed E-state index contributed by atoms with van der Waals surface area (Å²) in [6, 6.07) is 4.92. The number of nitrogens with one attached hydrogen (secondary N) is 3. The SMILES string of the molecule is O=C(N[C@@H](CNC(=O)c1ccc(Cl)s1)C(=O)Nc1ccc(N2CCOCC2=O)c(OC(F)F)c1)OCC(F)F. The van der Waals surface area contributed by atoms with Crippen LogP contribution in [0.25, 0.3) is 0 Å². The highest BCUT2D eigenvalue weighted by atomic mass is 35.5. The molecule has 1 aromatic carbocycles. The van der Waals surface area contributed by atoms with Crippen molar-refractivity contribution in [3.05, 3.63) is 39.5 Å². The van der Waals surface area contributed by atoms with Crippen LogP contribution in [0.1, 0.15) is 9.67 Å². The average Bonchev–Trinajstić information content (AvgIpc) is 3.32. The van der Waals surface area contributed by atoms with E-state index in [1.807, 2.05) is 0 Å². The maximum atomic E-state index is 13.1. The Labute approximate surface area is 227 Å². The molecule has 0 radical (unpaired) electrons. The largest absolute Gasteiger partial charge is 0.443 e. The molecular formula is C22H21ClF4N4O7S. The summed E-state index contributed by atoms with van der Waals surface area (Å²) in [5.74, 6) is -2.53. The summed E-state index contributed by atoms with van der Waals surface area (Å²) >= 11 is 6.75. The number of alkyl halides is 4. The van der Waals surface area contributed by atoms with Crippen molar-refractivity contribution in [3.63, 3.8) is 0 Å². The lowest BCUT2D eigenvalue weighted by molar-refractivity contribution is -0.125. The lowest BCUT2D eigenvalue weighted by atomic mass is 10.2. The van der Waals surface area contributed by atoms with Gasteiger partial charge in [0.2, 0.25) is 5.91 Å². The average molecular weight is 597 g/mol. The highest BCUT2D eigenvalue weighted by Crippen LogP contribution is 2.33. The summed E-state index contributed by atoms with van der Waals surface area (Å²) in [4.78, 5) is 50.8. The smallest absolute Gasteiger partial charge is 0.408 e. The Balaban J connectivity index is 1.77. The van der Waals surface area contributed by atoms with Crippen LogP contribution < -0.4 is 25.6 Å². The van der Waals surface area contributed by atoms with E-state index in [2.05, 4.69) is 25.4 Å². The van der Waals surface area contributed by atoms with Gasteiger partial charge in [-0.1, -0.05) is 11.6 Å².